The standard InChI is InChI=1S/C19H19N5O3/c25-19-16-3-1-2-4-17(16)20-18(21-19)13-22-9-11-23(12-10-22)14-5-7-15(8-6-14)24(26)27/h1-8H,9-13H2,(H,20,21,25). The number of H-pyrrole nitrogens is 1. The van der Waals surface area contributed by atoms with E-state index in [1.54, 1.807) is 18.2 Å². The van der Waals surface area contributed by atoms with Crippen molar-refractivity contribution < 1.29 is 4.92 Å². The van der Waals surface area contributed by atoms with Gasteiger partial charge in [0.1, 0.15) is 5.82 Å². The van der Waals surface area contributed by atoms with Gasteiger partial charge in [-0.25, -0.2) is 4.98 Å². The molecule has 0 unspecified atom stereocenters. The minimum absolute atomic E-state index is 0.101. The number of hydrogen-bond donors (Lipinski definition) is 1. The molecular formula is C19H19N5O3. The normalized spacial score (nSPS) is 15.2. The molecule has 0 bridgehead atoms. The molecule has 0 aliphatic carbocycles. The topological polar surface area (TPSA) is 95.4 Å². The van der Waals surface area contributed by atoms with Gasteiger partial charge in [-0.05, 0) is 24.3 Å². The second-order valence-corrected chi connectivity index (χ2v) is 6.57. The maximum absolute atomic E-state index is 12.2. The summed E-state index contributed by atoms with van der Waals surface area (Å²) in [5.74, 6) is 0.669. The van der Waals surface area contributed by atoms with Crippen molar-refractivity contribution in [1.82, 2.24) is 14.9 Å². The fraction of sp³-hybridized carbons (Fsp3) is 0.263. The maximum Gasteiger partial charge on any atom is 0.269 e. The Bertz CT molecular complexity index is 1020. The summed E-state index contributed by atoms with van der Waals surface area (Å²) in [6, 6.07) is 14.0. The number of aromatic nitrogens is 2. The average molecular weight is 365 g/mol. The van der Waals surface area contributed by atoms with Gasteiger partial charge in [0.25, 0.3) is 11.2 Å². The quantitative estimate of drug-likeness (QED) is 0.562. The first kappa shape index (κ1) is 17.2. The Morgan fingerprint density at radius 1 is 1.04 bits per heavy atom. The predicted octanol–water partition coefficient (Wildman–Crippen LogP) is 2.15. The third kappa shape index (κ3) is 3.65. The Kier molecular flexibility index (Phi) is 4.55. The second kappa shape index (κ2) is 7.16. The highest BCUT2D eigenvalue weighted by Gasteiger charge is 2.19. The zero-order valence-electron chi connectivity index (χ0n) is 14.7. The van der Waals surface area contributed by atoms with Crippen LogP contribution in [0, 0.1) is 10.1 Å². The molecule has 0 amide bonds. The lowest BCUT2D eigenvalue weighted by Gasteiger charge is -2.35. The Morgan fingerprint density at radius 2 is 1.74 bits per heavy atom. The number of fused-ring (bicyclic) bond motifs is 1. The summed E-state index contributed by atoms with van der Waals surface area (Å²) < 4.78 is 0. The smallest absolute Gasteiger partial charge is 0.269 e. The van der Waals surface area contributed by atoms with E-state index in [0.717, 1.165) is 31.9 Å². The molecule has 1 aliphatic heterocycles. The molecule has 8 heteroatoms. The monoisotopic (exact) mass is 365 g/mol. The number of nitrogens with zero attached hydrogens (tertiary/aromatic N) is 4. The molecule has 1 fully saturated rings. The van der Waals surface area contributed by atoms with Crippen molar-refractivity contribution in [3.63, 3.8) is 0 Å². The molecule has 3 aromatic rings. The third-order valence-electron chi connectivity index (χ3n) is 4.83. The van der Waals surface area contributed by atoms with Gasteiger partial charge in [-0.3, -0.25) is 19.8 Å². The molecule has 0 spiro atoms. The van der Waals surface area contributed by atoms with Crippen molar-refractivity contribution in [2.45, 2.75) is 6.54 Å². The molecule has 4 rings (SSSR count). The minimum atomic E-state index is -0.390. The van der Waals surface area contributed by atoms with E-state index in [1.165, 1.54) is 12.1 Å². The number of para-hydroxylation sites is 1. The van der Waals surface area contributed by atoms with Crippen LogP contribution in [0.2, 0.25) is 0 Å². The van der Waals surface area contributed by atoms with Crippen LogP contribution in [0.4, 0.5) is 11.4 Å². The molecule has 0 radical (unpaired) electrons. The molecule has 27 heavy (non-hydrogen) atoms. The summed E-state index contributed by atoms with van der Waals surface area (Å²) in [4.78, 5) is 34.4. The largest absolute Gasteiger partial charge is 0.369 e. The highest BCUT2D eigenvalue weighted by molar-refractivity contribution is 5.77. The SMILES string of the molecule is O=c1[nH]c(CN2CCN(c3ccc([N+](=O)[O-])cc3)CC2)nc2ccccc12. The van der Waals surface area contributed by atoms with Crippen LogP contribution in [-0.4, -0.2) is 46.0 Å². The number of nitrogens with one attached hydrogen (secondary N) is 1. The van der Waals surface area contributed by atoms with E-state index in [2.05, 4.69) is 19.8 Å². The van der Waals surface area contributed by atoms with E-state index in [4.69, 9.17) is 0 Å². The number of piperazine rings is 1. The number of nitro benzene ring substituents is 1. The van der Waals surface area contributed by atoms with E-state index in [0.29, 0.717) is 23.3 Å². The first-order valence-corrected chi connectivity index (χ1v) is 8.80. The van der Waals surface area contributed by atoms with Gasteiger partial charge in [0.2, 0.25) is 0 Å². The van der Waals surface area contributed by atoms with Crippen LogP contribution < -0.4 is 10.5 Å². The van der Waals surface area contributed by atoms with Gasteiger partial charge in [0.05, 0.1) is 22.4 Å². The molecule has 1 saturated heterocycles. The Balaban J connectivity index is 1.41. The fourth-order valence-corrected chi connectivity index (χ4v) is 3.37. The predicted molar refractivity (Wildman–Crippen MR) is 103 cm³/mol. The summed E-state index contributed by atoms with van der Waals surface area (Å²) in [5, 5.41) is 11.4. The van der Waals surface area contributed by atoms with E-state index in [1.807, 2.05) is 18.2 Å². The summed E-state index contributed by atoms with van der Waals surface area (Å²) >= 11 is 0. The molecule has 1 N–H and O–H groups in total. The van der Waals surface area contributed by atoms with Crippen LogP contribution in [0.15, 0.2) is 53.3 Å². The van der Waals surface area contributed by atoms with Crippen LogP contribution in [0.25, 0.3) is 10.9 Å². The number of hydrogen-bond acceptors (Lipinski definition) is 6. The van der Waals surface area contributed by atoms with Crippen LogP contribution in [0.5, 0.6) is 0 Å². The Hall–Kier alpha value is -3.26. The number of nitro groups is 1. The van der Waals surface area contributed by atoms with Gasteiger partial charge < -0.3 is 9.88 Å². The molecule has 8 nitrogen and oxygen atoms in total. The van der Waals surface area contributed by atoms with Gasteiger partial charge in [-0.2, -0.15) is 0 Å². The Morgan fingerprint density at radius 3 is 2.44 bits per heavy atom. The average Bonchev–Trinajstić information content (AvgIpc) is 2.69. The summed E-state index contributed by atoms with van der Waals surface area (Å²) in [6.45, 7) is 3.88. The molecule has 2 aromatic carbocycles. The van der Waals surface area contributed by atoms with Crippen molar-refractivity contribution in [2.75, 3.05) is 31.1 Å². The lowest BCUT2D eigenvalue weighted by molar-refractivity contribution is -0.384. The Labute approximate surface area is 155 Å². The van der Waals surface area contributed by atoms with Crippen molar-refractivity contribution in [2.24, 2.45) is 0 Å². The first-order valence-electron chi connectivity index (χ1n) is 8.80. The van der Waals surface area contributed by atoms with Crippen molar-refractivity contribution >= 4 is 22.3 Å². The number of rotatable bonds is 4. The third-order valence-corrected chi connectivity index (χ3v) is 4.83. The van der Waals surface area contributed by atoms with Gasteiger partial charge >= 0.3 is 0 Å². The summed E-state index contributed by atoms with van der Waals surface area (Å²) in [5.41, 5.74) is 1.68. The molecule has 0 atom stereocenters. The molecule has 1 aromatic heterocycles. The zero-order chi connectivity index (χ0) is 18.8. The molecule has 2 heterocycles. The molecule has 138 valence electrons. The van der Waals surface area contributed by atoms with Gasteiger partial charge in [-0.1, -0.05) is 12.1 Å². The van der Waals surface area contributed by atoms with Crippen molar-refractivity contribution in [3.8, 4) is 0 Å². The highest BCUT2D eigenvalue weighted by Crippen LogP contribution is 2.21. The maximum atomic E-state index is 12.2. The summed E-state index contributed by atoms with van der Waals surface area (Å²) in [7, 11) is 0. The van der Waals surface area contributed by atoms with Crippen LogP contribution in [-0.2, 0) is 6.54 Å². The minimum Gasteiger partial charge on any atom is -0.369 e. The lowest BCUT2D eigenvalue weighted by atomic mass is 10.2. The highest BCUT2D eigenvalue weighted by atomic mass is 16.6. The zero-order valence-corrected chi connectivity index (χ0v) is 14.7. The van der Waals surface area contributed by atoms with Crippen LogP contribution in [0.1, 0.15) is 5.82 Å². The molecule has 0 saturated carbocycles. The van der Waals surface area contributed by atoms with Crippen LogP contribution >= 0.6 is 0 Å². The fourth-order valence-electron chi connectivity index (χ4n) is 3.37. The summed E-state index contributed by atoms with van der Waals surface area (Å²) in [6.07, 6.45) is 0. The van der Waals surface area contributed by atoms with Gasteiger partial charge in [0, 0.05) is 44.0 Å². The van der Waals surface area contributed by atoms with E-state index >= 15 is 0 Å². The number of aromatic amines is 1. The van der Waals surface area contributed by atoms with Crippen molar-refractivity contribution in [3.05, 3.63) is 74.8 Å². The van der Waals surface area contributed by atoms with Crippen LogP contribution in [0.3, 0.4) is 0 Å². The van der Waals surface area contributed by atoms with Gasteiger partial charge in [-0.15, -0.1) is 0 Å². The van der Waals surface area contributed by atoms with Crippen molar-refractivity contribution in [1.29, 1.82) is 0 Å². The van der Waals surface area contributed by atoms with E-state index in [9.17, 15) is 14.9 Å². The lowest BCUT2D eigenvalue weighted by Crippen LogP contribution is -2.46. The number of anilines is 1. The number of benzene rings is 2. The van der Waals surface area contributed by atoms with Gasteiger partial charge in [0.15, 0.2) is 0 Å². The van der Waals surface area contributed by atoms with E-state index in [-0.39, 0.29) is 16.2 Å². The second-order valence-electron chi connectivity index (χ2n) is 6.57. The number of non-ortho nitro benzene ring substituents is 1. The van der Waals surface area contributed by atoms with E-state index < -0.39 is 0 Å². The molecule has 1 aliphatic rings. The molecular weight excluding hydrogens is 346 g/mol. The first-order chi connectivity index (χ1) is 13.1.